The molecule has 0 bridgehead atoms. The maximum Gasteiger partial charge on any atom is 0.416 e. The fourth-order valence-electron chi connectivity index (χ4n) is 3.20. The molecule has 11 heteroatoms. The minimum absolute atomic E-state index is 0.180. The monoisotopic (exact) mass is 506 g/mol. The van der Waals surface area contributed by atoms with Crippen LogP contribution in [-0.4, -0.2) is 29.1 Å². The van der Waals surface area contributed by atoms with Crippen molar-refractivity contribution in [1.29, 1.82) is 0 Å². The normalized spacial score (nSPS) is 11.8. The average Bonchev–Trinajstić information content (AvgIpc) is 3.41. The number of fused-ring (bicyclic) bond motifs is 1. The Morgan fingerprint density at radius 1 is 1.15 bits per heavy atom. The summed E-state index contributed by atoms with van der Waals surface area (Å²) in [6.07, 6.45) is -4.39. The Labute approximate surface area is 201 Å². The minimum Gasteiger partial charge on any atom is -0.361 e. The quantitative estimate of drug-likeness (QED) is 0.233. The number of benzene rings is 2. The number of aryl methyl sites for hydroxylation is 1. The van der Waals surface area contributed by atoms with Gasteiger partial charge in [-0.2, -0.15) is 13.2 Å². The summed E-state index contributed by atoms with van der Waals surface area (Å²) in [4.78, 5) is 17.8. The topological polar surface area (TPSA) is 80.0 Å². The Balaban J connectivity index is 1.25. The Kier molecular flexibility index (Phi) is 7.54. The van der Waals surface area contributed by atoms with Gasteiger partial charge in [0.25, 0.3) is 5.91 Å². The maximum atomic E-state index is 12.9. The molecule has 2 aromatic carbocycles. The summed E-state index contributed by atoms with van der Waals surface area (Å²) in [6, 6.07) is 12.8. The van der Waals surface area contributed by atoms with E-state index in [0.29, 0.717) is 46.2 Å². The van der Waals surface area contributed by atoms with Crippen LogP contribution in [0.25, 0.3) is 10.2 Å². The van der Waals surface area contributed by atoms with E-state index in [4.69, 9.17) is 4.52 Å². The van der Waals surface area contributed by atoms with Crippen molar-refractivity contribution in [2.45, 2.75) is 30.3 Å². The number of carbonyl (C=O) groups is 1. The molecule has 2 N–H and O–H groups in total. The lowest BCUT2D eigenvalue weighted by Crippen LogP contribution is -2.31. The van der Waals surface area contributed by atoms with Crippen molar-refractivity contribution in [1.82, 2.24) is 20.8 Å². The van der Waals surface area contributed by atoms with Gasteiger partial charge in [0.15, 0.2) is 0 Å². The first-order valence-electron chi connectivity index (χ1n) is 10.4. The zero-order valence-corrected chi connectivity index (χ0v) is 19.7. The molecule has 2 heterocycles. The van der Waals surface area contributed by atoms with E-state index >= 15 is 0 Å². The fraction of sp³-hybridized carbons (Fsp3) is 0.261. The van der Waals surface area contributed by atoms with Crippen LogP contribution < -0.4 is 10.6 Å². The molecular formula is C23H21F3N4O2S2. The summed E-state index contributed by atoms with van der Waals surface area (Å²) >= 11 is 2.85. The third-order valence-corrected chi connectivity index (χ3v) is 6.95. The van der Waals surface area contributed by atoms with Crippen LogP contribution in [0.3, 0.4) is 0 Å². The van der Waals surface area contributed by atoms with E-state index in [1.54, 1.807) is 6.07 Å². The summed E-state index contributed by atoms with van der Waals surface area (Å²) in [6.45, 7) is 3.11. The van der Waals surface area contributed by atoms with E-state index in [9.17, 15) is 18.0 Å². The number of thioether (sulfide) groups is 1. The van der Waals surface area contributed by atoms with Crippen LogP contribution in [0.1, 0.15) is 32.4 Å². The van der Waals surface area contributed by atoms with Crippen molar-refractivity contribution in [3.63, 3.8) is 0 Å². The number of alkyl halides is 3. The molecule has 0 saturated carbocycles. The molecule has 34 heavy (non-hydrogen) atoms. The molecule has 0 aliphatic heterocycles. The van der Waals surface area contributed by atoms with Crippen LogP contribution in [-0.2, 0) is 18.5 Å². The van der Waals surface area contributed by atoms with Crippen LogP contribution in [0.5, 0.6) is 0 Å². The number of hydrogen-bond donors (Lipinski definition) is 2. The summed E-state index contributed by atoms with van der Waals surface area (Å²) in [5.41, 5.74) is 1.02. The van der Waals surface area contributed by atoms with Gasteiger partial charge in [0.1, 0.15) is 10.8 Å². The molecule has 6 nitrogen and oxygen atoms in total. The van der Waals surface area contributed by atoms with Gasteiger partial charge in [-0.3, -0.25) is 4.79 Å². The molecule has 178 valence electrons. The van der Waals surface area contributed by atoms with E-state index in [1.807, 2.05) is 31.2 Å². The van der Waals surface area contributed by atoms with Crippen molar-refractivity contribution >= 4 is 39.2 Å². The molecule has 0 aliphatic rings. The van der Waals surface area contributed by atoms with Crippen LogP contribution in [0, 0.1) is 6.92 Å². The highest BCUT2D eigenvalue weighted by Crippen LogP contribution is 2.33. The second kappa shape index (κ2) is 10.6. The molecule has 0 radical (unpaired) electrons. The zero-order valence-electron chi connectivity index (χ0n) is 18.1. The van der Waals surface area contributed by atoms with Crippen LogP contribution in [0.2, 0.25) is 0 Å². The summed E-state index contributed by atoms with van der Waals surface area (Å²) < 4.78 is 44.4. The van der Waals surface area contributed by atoms with Crippen molar-refractivity contribution in [3.8, 4) is 0 Å². The highest BCUT2D eigenvalue weighted by Gasteiger charge is 2.30. The third-order valence-electron chi connectivity index (χ3n) is 4.81. The van der Waals surface area contributed by atoms with E-state index < -0.39 is 11.7 Å². The standard InChI is InChI=1S/C23H21F3N4O2S2/c1-14-10-16(30-32-14)13-33-19-5-3-2-4-17(19)22(31)28-9-8-27-12-21-29-18-11-15(23(24,25)26)6-7-20(18)34-21/h2-7,10-11,27H,8-9,12-13H2,1H3,(H,28,31). The molecule has 0 atom stereocenters. The SMILES string of the molecule is Cc1cc(CSc2ccccc2C(=O)NCCNCc2nc3cc(C(F)(F)F)ccc3s2)no1. The smallest absolute Gasteiger partial charge is 0.361 e. The molecule has 0 spiro atoms. The predicted octanol–water partition coefficient (Wildman–Crippen LogP) is 5.42. The van der Waals surface area contributed by atoms with E-state index in [-0.39, 0.29) is 5.91 Å². The lowest BCUT2D eigenvalue weighted by Gasteiger charge is -2.09. The van der Waals surface area contributed by atoms with Gasteiger partial charge in [0.2, 0.25) is 0 Å². The van der Waals surface area contributed by atoms with Crippen molar-refractivity contribution in [2.24, 2.45) is 0 Å². The molecule has 0 fully saturated rings. The Morgan fingerprint density at radius 3 is 2.74 bits per heavy atom. The molecule has 0 saturated heterocycles. The Hall–Kier alpha value is -2.89. The number of carbonyl (C=O) groups excluding carboxylic acids is 1. The van der Waals surface area contributed by atoms with Gasteiger partial charge in [-0.15, -0.1) is 23.1 Å². The van der Waals surface area contributed by atoms with Gasteiger partial charge >= 0.3 is 6.18 Å². The second-order valence-electron chi connectivity index (χ2n) is 7.43. The predicted molar refractivity (Wildman–Crippen MR) is 126 cm³/mol. The average molecular weight is 507 g/mol. The zero-order chi connectivity index (χ0) is 24.1. The highest BCUT2D eigenvalue weighted by molar-refractivity contribution is 7.98. The van der Waals surface area contributed by atoms with Gasteiger partial charge in [0, 0.05) is 36.3 Å². The van der Waals surface area contributed by atoms with Crippen LogP contribution >= 0.6 is 23.1 Å². The molecule has 1 amide bonds. The Bertz CT molecular complexity index is 1290. The summed E-state index contributed by atoms with van der Waals surface area (Å²) in [5, 5.41) is 10.7. The Morgan fingerprint density at radius 2 is 1.97 bits per heavy atom. The lowest BCUT2D eigenvalue weighted by molar-refractivity contribution is -0.137. The number of nitrogens with one attached hydrogen (secondary N) is 2. The van der Waals surface area contributed by atoms with Crippen molar-refractivity contribution < 1.29 is 22.5 Å². The number of nitrogens with zero attached hydrogens (tertiary/aromatic N) is 2. The molecule has 2 aromatic heterocycles. The number of aromatic nitrogens is 2. The summed E-state index contributed by atoms with van der Waals surface area (Å²) in [5.74, 6) is 1.16. The largest absolute Gasteiger partial charge is 0.416 e. The lowest BCUT2D eigenvalue weighted by atomic mass is 10.2. The van der Waals surface area contributed by atoms with E-state index in [0.717, 1.165) is 28.5 Å². The molecule has 4 rings (SSSR count). The third kappa shape index (κ3) is 6.16. The van der Waals surface area contributed by atoms with Gasteiger partial charge in [-0.1, -0.05) is 17.3 Å². The number of hydrogen-bond acceptors (Lipinski definition) is 7. The van der Waals surface area contributed by atoms with E-state index in [1.165, 1.54) is 29.2 Å². The van der Waals surface area contributed by atoms with Gasteiger partial charge in [-0.05, 0) is 37.3 Å². The van der Waals surface area contributed by atoms with E-state index in [2.05, 4.69) is 20.8 Å². The van der Waals surface area contributed by atoms with Crippen LogP contribution in [0.15, 0.2) is 57.9 Å². The molecule has 4 aromatic rings. The number of rotatable bonds is 9. The number of amides is 1. The van der Waals surface area contributed by atoms with Gasteiger partial charge in [-0.25, -0.2) is 4.98 Å². The van der Waals surface area contributed by atoms with Gasteiger partial charge in [0.05, 0.1) is 27.0 Å². The maximum absolute atomic E-state index is 12.9. The second-order valence-corrected chi connectivity index (χ2v) is 9.57. The number of thiazole rings is 1. The minimum atomic E-state index is -4.39. The highest BCUT2D eigenvalue weighted by atomic mass is 32.2. The van der Waals surface area contributed by atoms with Crippen molar-refractivity contribution in [2.75, 3.05) is 13.1 Å². The molecular weight excluding hydrogens is 485 g/mol. The molecule has 0 aliphatic carbocycles. The van der Waals surface area contributed by atoms with Crippen LogP contribution in [0.4, 0.5) is 13.2 Å². The fourth-order valence-corrected chi connectivity index (χ4v) is 5.05. The first kappa shape index (κ1) is 24.2. The first-order chi connectivity index (χ1) is 16.3. The van der Waals surface area contributed by atoms with Crippen molar-refractivity contribution in [3.05, 3.63) is 76.1 Å². The molecule has 0 unspecified atom stereocenters. The summed E-state index contributed by atoms with van der Waals surface area (Å²) in [7, 11) is 0. The van der Waals surface area contributed by atoms with Gasteiger partial charge < -0.3 is 15.2 Å². The first-order valence-corrected chi connectivity index (χ1v) is 12.2. The number of halogens is 3.